The van der Waals surface area contributed by atoms with E-state index < -0.39 is 0 Å². The molecular formula is C17H27N. The van der Waals surface area contributed by atoms with Gasteiger partial charge in [-0.3, -0.25) is 0 Å². The predicted octanol–water partition coefficient (Wildman–Crippen LogP) is 4.47. The summed E-state index contributed by atoms with van der Waals surface area (Å²) in [4.78, 5) is 0. The highest BCUT2D eigenvalue weighted by Crippen LogP contribution is 2.35. The van der Waals surface area contributed by atoms with Gasteiger partial charge in [0, 0.05) is 12.1 Å². The van der Waals surface area contributed by atoms with Crippen LogP contribution in [0.2, 0.25) is 0 Å². The highest BCUT2D eigenvalue weighted by atomic mass is 15.0. The molecule has 4 atom stereocenters. The lowest BCUT2D eigenvalue weighted by molar-refractivity contribution is 0.327. The van der Waals surface area contributed by atoms with Crippen LogP contribution in [0.4, 0.5) is 0 Å². The summed E-state index contributed by atoms with van der Waals surface area (Å²) < 4.78 is 0. The van der Waals surface area contributed by atoms with Crippen molar-refractivity contribution in [1.82, 2.24) is 5.32 Å². The lowest BCUT2D eigenvalue weighted by atomic mass is 9.92. The SMILES string of the molecule is CCC1CCC(NC(C)c2ccccc2C)C1C. The molecule has 0 spiro atoms. The number of rotatable bonds is 4. The van der Waals surface area contributed by atoms with Gasteiger partial charge in [-0.2, -0.15) is 0 Å². The van der Waals surface area contributed by atoms with E-state index in [4.69, 9.17) is 0 Å². The maximum Gasteiger partial charge on any atom is 0.0297 e. The van der Waals surface area contributed by atoms with Gasteiger partial charge in [0.05, 0.1) is 0 Å². The van der Waals surface area contributed by atoms with Crippen LogP contribution < -0.4 is 5.32 Å². The van der Waals surface area contributed by atoms with Gasteiger partial charge in [0.2, 0.25) is 0 Å². The molecule has 0 aliphatic heterocycles. The van der Waals surface area contributed by atoms with Gasteiger partial charge in [-0.25, -0.2) is 0 Å². The average molecular weight is 245 g/mol. The normalized spacial score (nSPS) is 29.4. The van der Waals surface area contributed by atoms with Crippen molar-refractivity contribution >= 4 is 0 Å². The molecule has 0 radical (unpaired) electrons. The number of aryl methyl sites for hydroxylation is 1. The summed E-state index contributed by atoms with van der Waals surface area (Å²) in [6, 6.07) is 9.90. The lowest BCUT2D eigenvalue weighted by Gasteiger charge is -2.26. The number of hydrogen-bond donors (Lipinski definition) is 1. The Morgan fingerprint density at radius 3 is 2.61 bits per heavy atom. The van der Waals surface area contributed by atoms with Crippen LogP contribution in [-0.2, 0) is 0 Å². The Bertz CT molecular complexity index is 385. The van der Waals surface area contributed by atoms with Gasteiger partial charge in [0.25, 0.3) is 0 Å². The van der Waals surface area contributed by atoms with E-state index in [1.807, 2.05) is 0 Å². The zero-order valence-electron chi connectivity index (χ0n) is 12.2. The second-order valence-corrected chi connectivity index (χ2v) is 5.96. The van der Waals surface area contributed by atoms with Gasteiger partial charge >= 0.3 is 0 Å². The first-order chi connectivity index (χ1) is 8.63. The van der Waals surface area contributed by atoms with Crippen LogP contribution in [0.1, 0.15) is 57.2 Å². The molecule has 1 saturated carbocycles. The minimum Gasteiger partial charge on any atom is -0.307 e. The van der Waals surface area contributed by atoms with E-state index in [2.05, 4.69) is 57.3 Å². The Morgan fingerprint density at radius 2 is 2.00 bits per heavy atom. The highest BCUT2D eigenvalue weighted by Gasteiger charge is 2.32. The summed E-state index contributed by atoms with van der Waals surface area (Å²) in [5.41, 5.74) is 2.85. The Hall–Kier alpha value is -0.820. The first-order valence-electron chi connectivity index (χ1n) is 7.45. The van der Waals surface area contributed by atoms with Crippen molar-refractivity contribution < 1.29 is 0 Å². The van der Waals surface area contributed by atoms with Gasteiger partial charge in [0.1, 0.15) is 0 Å². The van der Waals surface area contributed by atoms with Crippen molar-refractivity contribution in [3.63, 3.8) is 0 Å². The summed E-state index contributed by atoms with van der Waals surface area (Å²) in [5, 5.41) is 3.85. The molecule has 2 rings (SSSR count). The monoisotopic (exact) mass is 245 g/mol. The molecule has 0 saturated heterocycles. The third kappa shape index (κ3) is 2.77. The second-order valence-electron chi connectivity index (χ2n) is 5.96. The van der Waals surface area contributed by atoms with Crippen LogP contribution in [0.15, 0.2) is 24.3 Å². The molecule has 0 bridgehead atoms. The predicted molar refractivity (Wildman–Crippen MR) is 78.7 cm³/mol. The molecule has 1 fully saturated rings. The molecule has 0 aromatic heterocycles. The van der Waals surface area contributed by atoms with E-state index in [1.54, 1.807) is 0 Å². The number of hydrogen-bond acceptors (Lipinski definition) is 1. The molecule has 1 heteroatoms. The average Bonchev–Trinajstić information content (AvgIpc) is 2.71. The fourth-order valence-corrected chi connectivity index (χ4v) is 3.54. The molecule has 100 valence electrons. The molecule has 0 amide bonds. The highest BCUT2D eigenvalue weighted by molar-refractivity contribution is 5.28. The molecule has 1 aliphatic rings. The van der Waals surface area contributed by atoms with Crippen molar-refractivity contribution in [2.45, 2.75) is 59.0 Å². The van der Waals surface area contributed by atoms with Crippen molar-refractivity contribution in [2.75, 3.05) is 0 Å². The van der Waals surface area contributed by atoms with Gasteiger partial charge < -0.3 is 5.32 Å². The van der Waals surface area contributed by atoms with Crippen LogP contribution >= 0.6 is 0 Å². The van der Waals surface area contributed by atoms with Crippen molar-refractivity contribution in [1.29, 1.82) is 0 Å². The Kier molecular flexibility index (Phi) is 4.45. The van der Waals surface area contributed by atoms with Crippen LogP contribution in [-0.4, -0.2) is 6.04 Å². The van der Waals surface area contributed by atoms with Gasteiger partial charge in [-0.15, -0.1) is 0 Å². The van der Waals surface area contributed by atoms with E-state index in [1.165, 1.54) is 30.4 Å². The van der Waals surface area contributed by atoms with Crippen molar-refractivity contribution in [3.8, 4) is 0 Å². The summed E-state index contributed by atoms with van der Waals surface area (Å²) in [7, 11) is 0. The maximum absolute atomic E-state index is 3.85. The molecule has 1 aromatic rings. The third-order valence-electron chi connectivity index (χ3n) is 4.87. The van der Waals surface area contributed by atoms with Crippen molar-refractivity contribution in [3.05, 3.63) is 35.4 Å². The van der Waals surface area contributed by atoms with Gasteiger partial charge in [-0.05, 0) is 49.7 Å². The maximum atomic E-state index is 3.85. The smallest absolute Gasteiger partial charge is 0.0297 e. The Morgan fingerprint density at radius 1 is 1.28 bits per heavy atom. The minimum atomic E-state index is 0.467. The minimum absolute atomic E-state index is 0.467. The summed E-state index contributed by atoms with van der Waals surface area (Å²) in [6.45, 7) is 9.26. The molecule has 0 heterocycles. The van der Waals surface area contributed by atoms with Crippen LogP contribution in [0.5, 0.6) is 0 Å². The zero-order valence-corrected chi connectivity index (χ0v) is 12.2. The molecular weight excluding hydrogens is 218 g/mol. The van der Waals surface area contributed by atoms with Crippen LogP contribution in [0, 0.1) is 18.8 Å². The summed E-state index contributed by atoms with van der Waals surface area (Å²) in [6.07, 6.45) is 4.07. The first-order valence-corrected chi connectivity index (χ1v) is 7.45. The van der Waals surface area contributed by atoms with Gasteiger partial charge in [0.15, 0.2) is 0 Å². The Balaban J connectivity index is 2.00. The van der Waals surface area contributed by atoms with Gasteiger partial charge in [-0.1, -0.05) is 44.5 Å². The quantitative estimate of drug-likeness (QED) is 0.825. The standard InChI is InChI=1S/C17H27N/c1-5-15-10-11-17(13(15)3)18-14(4)16-9-7-6-8-12(16)2/h6-9,13-15,17-18H,5,10-11H2,1-4H3. The fourth-order valence-electron chi connectivity index (χ4n) is 3.54. The van der Waals surface area contributed by atoms with Crippen LogP contribution in [0.25, 0.3) is 0 Å². The first kappa shape index (κ1) is 13.6. The van der Waals surface area contributed by atoms with E-state index in [0.29, 0.717) is 12.1 Å². The van der Waals surface area contributed by atoms with Crippen LogP contribution in [0.3, 0.4) is 0 Å². The lowest BCUT2D eigenvalue weighted by Crippen LogP contribution is -2.34. The number of nitrogens with one attached hydrogen (secondary N) is 1. The molecule has 18 heavy (non-hydrogen) atoms. The molecule has 1 aromatic carbocycles. The fraction of sp³-hybridized carbons (Fsp3) is 0.647. The zero-order chi connectivity index (χ0) is 13.1. The molecule has 4 unspecified atom stereocenters. The second kappa shape index (κ2) is 5.88. The summed E-state index contributed by atoms with van der Waals surface area (Å²) in [5.74, 6) is 1.74. The Labute approximate surface area is 112 Å². The summed E-state index contributed by atoms with van der Waals surface area (Å²) >= 11 is 0. The van der Waals surface area contributed by atoms with E-state index in [0.717, 1.165) is 11.8 Å². The van der Waals surface area contributed by atoms with Crippen molar-refractivity contribution in [2.24, 2.45) is 11.8 Å². The number of benzene rings is 1. The topological polar surface area (TPSA) is 12.0 Å². The van der Waals surface area contributed by atoms with E-state index >= 15 is 0 Å². The third-order valence-corrected chi connectivity index (χ3v) is 4.87. The molecule has 1 N–H and O–H groups in total. The molecule has 1 aliphatic carbocycles. The van der Waals surface area contributed by atoms with E-state index in [-0.39, 0.29) is 0 Å². The largest absolute Gasteiger partial charge is 0.307 e. The van der Waals surface area contributed by atoms with E-state index in [9.17, 15) is 0 Å². The molecule has 1 nitrogen and oxygen atoms in total.